The van der Waals surface area contributed by atoms with Crippen molar-refractivity contribution in [3.05, 3.63) is 46.2 Å². The lowest BCUT2D eigenvalue weighted by atomic mass is 10.0. The van der Waals surface area contributed by atoms with E-state index in [9.17, 15) is 19.5 Å². The van der Waals surface area contributed by atoms with Crippen molar-refractivity contribution in [1.82, 2.24) is 5.32 Å². The molecule has 1 aromatic rings. The van der Waals surface area contributed by atoms with E-state index in [4.69, 9.17) is 21.7 Å². The van der Waals surface area contributed by atoms with Gasteiger partial charge in [-0.15, -0.1) is 0 Å². The number of amides is 1. The molecule has 0 spiro atoms. The molecule has 0 fully saturated rings. The number of aliphatic hydroxyl groups is 1. The molecule has 0 aliphatic carbocycles. The van der Waals surface area contributed by atoms with E-state index < -0.39 is 30.2 Å². The molecular weight excluding hydrogens is 360 g/mol. The van der Waals surface area contributed by atoms with E-state index in [1.807, 2.05) is 0 Å². The number of rotatable bonds is 8. The summed E-state index contributed by atoms with van der Waals surface area (Å²) >= 11 is 5.84. The lowest BCUT2D eigenvalue weighted by Crippen LogP contribution is -2.28. The third kappa shape index (κ3) is 6.68. The summed E-state index contributed by atoms with van der Waals surface area (Å²) in [4.78, 5) is 34.9. The summed E-state index contributed by atoms with van der Waals surface area (Å²) in [5.41, 5.74) is 0.360. The summed E-state index contributed by atoms with van der Waals surface area (Å²) in [6, 6.07) is 6.01. The van der Waals surface area contributed by atoms with Crippen LogP contribution in [-0.4, -0.2) is 35.1 Å². The van der Waals surface area contributed by atoms with E-state index in [1.54, 1.807) is 24.3 Å². The van der Waals surface area contributed by atoms with Crippen molar-refractivity contribution >= 4 is 35.0 Å². The van der Waals surface area contributed by atoms with Crippen LogP contribution in [0.1, 0.15) is 38.8 Å². The van der Waals surface area contributed by atoms with Crippen LogP contribution in [0.25, 0.3) is 0 Å². The Morgan fingerprint density at radius 1 is 1.19 bits per heavy atom. The fraction of sp³-hybridized carbons (Fsp3) is 0.333. The normalized spacial score (nSPS) is 12.6. The summed E-state index contributed by atoms with van der Waals surface area (Å²) in [5.74, 6) is -1.99. The van der Waals surface area contributed by atoms with Gasteiger partial charge in [0.25, 0.3) is 0 Å². The quantitative estimate of drug-likeness (QED) is 0.277. The van der Waals surface area contributed by atoms with E-state index >= 15 is 0 Å². The van der Waals surface area contributed by atoms with Gasteiger partial charge < -0.3 is 20.6 Å². The Morgan fingerprint density at radius 3 is 2.23 bits per heavy atom. The molecule has 0 aliphatic heterocycles. The van der Waals surface area contributed by atoms with E-state index in [1.165, 1.54) is 20.8 Å². The average Bonchev–Trinajstić information content (AvgIpc) is 2.52. The van der Waals surface area contributed by atoms with Crippen molar-refractivity contribution in [2.24, 2.45) is 0 Å². The SMILES string of the molecule is CC(=N)/C(C(C)=O)=C(/O)COC(=O)CC(NC(C)=O)c1ccc(Cl)cc1. The molecule has 1 aromatic carbocycles. The summed E-state index contributed by atoms with van der Waals surface area (Å²) in [6.07, 6.45) is -0.173. The highest BCUT2D eigenvalue weighted by atomic mass is 35.5. The molecule has 1 unspecified atom stereocenters. The van der Waals surface area contributed by atoms with Crippen molar-refractivity contribution < 1.29 is 24.2 Å². The number of ketones is 1. The summed E-state index contributed by atoms with van der Waals surface area (Å²) < 4.78 is 4.97. The topological polar surface area (TPSA) is 117 Å². The molecule has 3 N–H and O–H groups in total. The Morgan fingerprint density at radius 2 is 1.77 bits per heavy atom. The number of esters is 1. The van der Waals surface area contributed by atoms with Crippen molar-refractivity contribution in [2.75, 3.05) is 6.61 Å². The number of aliphatic hydroxyl groups excluding tert-OH is 1. The largest absolute Gasteiger partial charge is 0.508 e. The van der Waals surface area contributed by atoms with Gasteiger partial charge in [-0.25, -0.2) is 0 Å². The highest BCUT2D eigenvalue weighted by molar-refractivity contribution is 6.30. The van der Waals surface area contributed by atoms with Gasteiger partial charge in [0.05, 0.1) is 18.0 Å². The van der Waals surface area contributed by atoms with Crippen LogP contribution in [0.5, 0.6) is 0 Å². The van der Waals surface area contributed by atoms with E-state index in [-0.39, 0.29) is 23.6 Å². The molecule has 0 saturated heterocycles. The maximum absolute atomic E-state index is 12.1. The first-order valence-electron chi connectivity index (χ1n) is 7.78. The molecule has 0 heterocycles. The van der Waals surface area contributed by atoms with Crippen LogP contribution < -0.4 is 5.32 Å². The van der Waals surface area contributed by atoms with Gasteiger partial charge in [-0.05, 0) is 31.5 Å². The zero-order chi connectivity index (χ0) is 19.9. The van der Waals surface area contributed by atoms with Gasteiger partial charge in [-0.3, -0.25) is 14.4 Å². The van der Waals surface area contributed by atoms with E-state index in [2.05, 4.69) is 5.32 Å². The number of allylic oxidation sites excluding steroid dienone is 1. The number of benzene rings is 1. The fourth-order valence-electron chi connectivity index (χ4n) is 2.32. The summed E-state index contributed by atoms with van der Waals surface area (Å²) in [6.45, 7) is 3.35. The smallest absolute Gasteiger partial charge is 0.308 e. The van der Waals surface area contributed by atoms with Crippen LogP contribution in [0.2, 0.25) is 5.02 Å². The predicted molar refractivity (Wildman–Crippen MR) is 97.3 cm³/mol. The molecule has 140 valence electrons. The van der Waals surface area contributed by atoms with Crippen LogP contribution in [0, 0.1) is 5.41 Å². The minimum Gasteiger partial charge on any atom is -0.508 e. The molecule has 0 bridgehead atoms. The van der Waals surface area contributed by atoms with Gasteiger partial charge in [0.15, 0.2) is 5.78 Å². The number of hydrogen-bond donors (Lipinski definition) is 3. The summed E-state index contributed by atoms with van der Waals surface area (Å²) in [5, 5.41) is 20.5. The molecule has 8 heteroatoms. The number of ether oxygens (including phenoxy) is 1. The first-order chi connectivity index (χ1) is 12.1. The maximum atomic E-state index is 12.1. The highest BCUT2D eigenvalue weighted by Crippen LogP contribution is 2.20. The van der Waals surface area contributed by atoms with Gasteiger partial charge in [0, 0.05) is 17.7 Å². The van der Waals surface area contributed by atoms with Crippen LogP contribution in [0.4, 0.5) is 0 Å². The van der Waals surface area contributed by atoms with Gasteiger partial charge >= 0.3 is 5.97 Å². The molecule has 26 heavy (non-hydrogen) atoms. The number of carbonyl (C=O) groups excluding carboxylic acids is 3. The first kappa shape index (κ1) is 21.4. The minimum atomic E-state index is -0.684. The third-order valence-corrected chi connectivity index (χ3v) is 3.66. The Bertz CT molecular complexity index is 724. The lowest BCUT2D eigenvalue weighted by Gasteiger charge is -2.18. The van der Waals surface area contributed by atoms with Gasteiger partial charge in [-0.2, -0.15) is 0 Å². The summed E-state index contributed by atoms with van der Waals surface area (Å²) in [7, 11) is 0. The van der Waals surface area contributed by atoms with Crippen LogP contribution in [0.3, 0.4) is 0 Å². The van der Waals surface area contributed by atoms with Crippen molar-refractivity contribution in [3.63, 3.8) is 0 Å². The first-order valence-corrected chi connectivity index (χ1v) is 8.16. The second-order valence-corrected chi connectivity index (χ2v) is 6.11. The third-order valence-electron chi connectivity index (χ3n) is 3.41. The molecule has 0 aromatic heterocycles. The second-order valence-electron chi connectivity index (χ2n) is 5.67. The maximum Gasteiger partial charge on any atom is 0.308 e. The molecule has 0 aliphatic rings. The molecular formula is C18H21ClN2O5. The molecule has 0 saturated carbocycles. The standard InChI is InChI=1S/C18H21ClN2O5/c1-10(20)18(11(2)22)16(24)9-26-17(25)8-15(21-12(3)23)13-4-6-14(19)7-5-13/h4-7,15,20,24H,8-9H2,1-3H3,(H,21,23)/b18-16-,20-10?. The number of halogens is 1. The Balaban J connectivity index is 2.83. The minimum absolute atomic E-state index is 0.122. The van der Waals surface area contributed by atoms with Crippen molar-refractivity contribution in [2.45, 2.75) is 33.2 Å². The molecule has 1 atom stereocenters. The number of nitrogens with one attached hydrogen (secondary N) is 2. The highest BCUT2D eigenvalue weighted by Gasteiger charge is 2.20. The van der Waals surface area contributed by atoms with Crippen LogP contribution in [0.15, 0.2) is 35.6 Å². The molecule has 7 nitrogen and oxygen atoms in total. The number of Topliss-reactive ketones (excluding diaryl/α,β-unsaturated/α-hetero) is 1. The van der Waals surface area contributed by atoms with Crippen LogP contribution in [-0.2, 0) is 19.1 Å². The second kappa shape index (κ2) is 9.72. The number of carbonyl (C=O) groups is 3. The van der Waals surface area contributed by atoms with Crippen molar-refractivity contribution in [1.29, 1.82) is 5.41 Å². The van der Waals surface area contributed by atoms with Crippen LogP contribution >= 0.6 is 11.6 Å². The molecule has 0 radical (unpaired) electrons. The molecule has 1 rings (SSSR count). The zero-order valence-corrected chi connectivity index (χ0v) is 15.5. The van der Waals surface area contributed by atoms with Gasteiger partial charge in [-0.1, -0.05) is 23.7 Å². The van der Waals surface area contributed by atoms with Crippen molar-refractivity contribution in [3.8, 4) is 0 Å². The molecule has 1 amide bonds. The zero-order valence-electron chi connectivity index (χ0n) is 14.8. The Hall–Kier alpha value is -2.67. The van der Waals surface area contributed by atoms with Gasteiger partial charge in [0.1, 0.15) is 12.4 Å². The van der Waals surface area contributed by atoms with Gasteiger partial charge in [0.2, 0.25) is 5.91 Å². The number of hydrogen-bond acceptors (Lipinski definition) is 6. The Labute approximate surface area is 156 Å². The monoisotopic (exact) mass is 380 g/mol. The average molecular weight is 381 g/mol. The fourth-order valence-corrected chi connectivity index (χ4v) is 2.45. The van der Waals surface area contributed by atoms with E-state index in [0.29, 0.717) is 10.6 Å². The van der Waals surface area contributed by atoms with E-state index in [0.717, 1.165) is 0 Å². The predicted octanol–water partition coefficient (Wildman–Crippen LogP) is 2.89. The Kier molecular flexibility index (Phi) is 7.99. The lowest BCUT2D eigenvalue weighted by molar-refractivity contribution is -0.144.